The number of hydrogen-bond acceptors (Lipinski definition) is 3. The molecular weight excluding hydrogens is 398 g/mol. The van der Waals surface area contributed by atoms with Crippen LogP contribution in [0.2, 0.25) is 0 Å². The van der Waals surface area contributed by atoms with Crippen molar-refractivity contribution in [2.75, 3.05) is 4.90 Å². The normalized spacial score (nSPS) is 18.5. The van der Waals surface area contributed by atoms with Crippen LogP contribution in [0.5, 0.6) is 0 Å². The third-order valence-corrected chi connectivity index (χ3v) is 5.87. The summed E-state index contributed by atoms with van der Waals surface area (Å²) >= 11 is 0. The molecule has 0 aliphatic carbocycles. The molecule has 0 saturated heterocycles. The lowest BCUT2D eigenvalue weighted by Crippen LogP contribution is -2.41. The first-order valence-corrected chi connectivity index (χ1v) is 10.1. The zero-order valence-corrected chi connectivity index (χ0v) is 16.9. The number of carbonyl (C=O) groups is 1. The first-order valence-electron chi connectivity index (χ1n) is 10.1. The summed E-state index contributed by atoms with van der Waals surface area (Å²) in [6.07, 6.45) is -0.728. The molecule has 1 aliphatic heterocycles. The fraction of sp³-hybridized carbons (Fsp3) is 0.200. The number of para-hydroxylation sites is 3. The van der Waals surface area contributed by atoms with E-state index in [0.29, 0.717) is 28.9 Å². The monoisotopic (exact) mass is 418 g/mol. The van der Waals surface area contributed by atoms with Gasteiger partial charge in [-0.3, -0.25) is 4.79 Å². The zero-order valence-electron chi connectivity index (χ0n) is 16.9. The van der Waals surface area contributed by atoms with Crippen molar-refractivity contribution < 1.29 is 18.0 Å². The van der Waals surface area contributed by atoms with Gasteiger partial charge >= 0.3 is 5.92 Å². The Bertz CT molecular complexity index is 1240. The Hall–Kier alpha value is -3.54. The standard InChI is InChI=1S/C25H20F2N2O2/c1-24(16-25(26,27)22-28-19-12-6-8-14-21(19)31-22)18-11-5-7-13-20(18)29(23(24)30)15-17-9-3-2-4-10-17/h2-14H,15-16H2,1H3. The van der Waals surface area contributed by atoms with Crippen LogP contribution in [0.4, 0.5) is 14.5 Å². The molecule has 5 rings (SSSR count). The molecule has 1 atom stereocenters. The van der Waals surface area contributed by atoms with E-state index in [-0.39, 0.29) is 5.91 Å². The van der Waals surface area contributed by atoms with Gasteiger partial charge in [0.05, 0.1) is 12.0 Å². The van der Waals surface area contributed by atoms with Gasteiger partial charge in [-0.15, -0.1) is 0 Å². The van der Waals surface area contributed by atoms with Crippen molar-refractivity contribution in [3.05, 3.63) is 95.9 Å². The van der Waals surface area contributed by atoms with Crippen molar-refractivity contribution in [3.8, 4) is 0 Å². The van der Waals surface area contributed by atoms with Crippen LogP contribution in [0.25, 0.3) is 11.1 Å². The van der Waals surface area contributed by atoms with Crippen LogP contribution in [0.1, 0.15) is 30.4 Å². The Kier molecular flexibility index (Phi) is 4.39. The highest BCUT2D eigenvalue weighted by Gasteiger charge is 2.54. The number of oxazole rings is 1. The lowest BCUT2D eigenvalue weighted by Gasteiger charge is -2.27. The molecule has 2 heterocycles. The molecule has 3 aromatic carbocycles. The van der Waals surface area contributed by atoms with Crippen molar-refractivity contribution in [2.45, 2.75) is 31.2 Å². The molecule has 0 N–H and O–H groups in total. The maximum Gasteiger partial charge on any atom is 0.323 e. The molecule has 1 aromatic heterocycles. The second-order valence-electron chi connectivity index (χ2n) is 8.09. The summed E-state index contributed by atoms with van der Waals surface area (Å²) in [7, 11) is 0. The number of rotatable bonds is 5. The van der Waals surface area contributed by atoms with Crippen molar-refractivity contribution in [2.24, 2.45) is 0 Å². The van der Waals surface area contributed by atoms with Crippen LogP contribution in [-0.2, 0) is 22.7 Å². The Balaban J connectivity index is 1.52. The first-order chi connectivity index (χ1) is 14.9. The topological polar surface area (TPSA) is 46.3 Å². The predicted octanol–water partition coefficient (Wildman–Crippen LogP) is 5.81. The highest BCUT2D eigenvalue weighted by atomic mass is 19.3. The fourth-order valence-corrected chi connectivity index (χ4v) is 4.34. The van der Waals surface area contributed by atoms with Gasteiger partial charge in [0, 0.05) is 12.1 Å². The maximum absolute atomic E-state index is 15.4. The van der Waals surface area contributed by atoms with Gasteiger partial charge in [-0.25, -0.2) is 4.98 Å². The van der Waals surface area contributed by atoms with Crippen LogP contribution >= 0.6 is 0 Å². The highest BCUT2D eigenvalue weighted by molar-refractivity contribution is 6.07. The van der Waals surface area contributed by atoms with E-state index >= 15 is 8.78 Å². The molecule has 1 amide bonds. The molecule has 156 valence electrons. The molecule has 6 heteroatoms. The minimum atomic E-state index is -3.42. The second-order valence-corrected chi connectivity index (χ2v) is 8.09. The Morgan fingerprint density at radius 3 is 2.42 bits per heavy atom. The highest BCUT2D eigenvalue weighted by Crippen LogP contribution is 2.50. The summed E-state index contributed by atoms with van der Waals surface area (Å²) in [6.45, 7) is 1.90. The van der Waals surface area contributed by atoms with Gasteiger partial charge in [-0.1, -0.05) is 60.7 Å². The smallest absolute Gasteiger partial charge is 0.323 e. The van der Waals surface area contributed by atoms with Gasteiger partial charge in [0.1, 0.15) is 5.52 Å². The van der Waals surface area contributed by atoms with Gasteiger partial charge in [0.2, 0.25) is 5.91 Å². The number of benzene rings is 3. The summed E-state index contributed by atoms with van der Waals surface area (Å²) < 4.78 is 36.1. The summed E-state index contributed by atoms with van der Waals surface area (Å²) in [5, 5.41) is 0. The number of anilines is 1. The number of halogens is 2. The molecule has 0 bridgehead atoms. The van der Waals surface area contributed by atoms with E-state index in [1.165, 1.54) is 0 Å². The number of nitrogens with zero attached hydrogens (tertiary/aromatic N) is 2. The Morgan fingerprint density at radius 1 is 0.968 bits per heavy atom. The average molecular weight is 418 g/mol. The van der Waals surface area contributed by atoms with Crippen molar-refractivity contribution >= 4 is 22.7 Å². The van der Waals surface area contributed by atoms with Crippen LogP contribution in [0.3, 0.4) is 0 Å². The minimum Gasteiger partial charge on any atom is -0.435 e. The van der Waals surface area contributed by atoms with Crippen molar-refractivity contribution in [1.29, 1.82) is 0 Å². The Morgan fingerprint density at radius 2 is 1.65 bits per heavy atom. The van der Waals surface area contributed by atoms with E-state index < -0.39 is 23.6 Å². The molecule has 1 aliphatic rings. The van der Waals surface area contributed by atoms with Gasteiger partial charge in [0.25, 0.3) is 5.89 Å². The molecule has 0 saturated carbocycles. The van der Waals surface area contributed by atoms with E-state index in [4.69, 9.17) is 4.42 Å². The summed E-state index contributed by atoms with van der Waals surface area (Å²) in [4.78, 5) is 19.1. The third kappa shape index (κ3) is 3.19. The van der Waals surface area contributed by atoms with Crippen LogP contribution in [0.15, 0.2) is 83.3 Å². The van der Waals surface area contributed by atoms with E-state index in [1.54, 1.807) is 54.3 Å². The zero-order chi connectivity index (χ0) is 21.6. The second kappa shape index (κ2) is 7.01. The number of hydrogen-bond donors (Lipinski definition) is 0. The minimum absolute atomic E-state index is 0.297. The van der Waals surface area contributed by atoms with Gasteiger partial charge in [0.15, 0.2) is 5.58 Å². The molecular formula is C25H20F2N2O2. The summed E-state index contributed by atoms with van der Waals surface area (Å²) in [5.74, 6) is -4.44. The molecule has 4 nitrogen and oxygen atoms in total. The fourth-order valence-electron chi connectivity index (χ4n) is 4.34. The average Bonchev–Trinajstić information content (AvgIpc) is 3.30. The quantitative estimate of drug-likeness (QED) is 0.411. The molecule has 4 aromatic rings. The third-order valence-electron chi connectivity index (χ3n) is 5.87. The van der Waals surface area contributed by atoms with Gasteiger partial charge < -0.3 is 9.32 Å². The number of aromatic nitrogens is 1. The lowest BCUT2D eigenvalue weighted by atomic mass is 9.78. The SMILES string of the molecule is CC1(CC(F)(F)c2nc3ccccc3o2)C(=O)N(Cc2ccccc2)c2ccccc21. The van der Waals surface area contributed by atoms with Gasteiger partial charge in [-0.2, -0.15) is 8.78 Å². The van der Waals surface area contributed by atoms with E-state index in [1.807, 2.05) is 36.4 Å². The van der Waals surface area contributed by atoms with Gasteiger partial charge in [-0.05, 0) is 36.2 Å². The number of amides is 1. The maximum atomic E-state index is 15.4. The van der Waals surface area contributed by atoms with Crippen molar-refractivity contribution in [1.82, 2.24) is 4.98 Å². The molecule has 0 fully saturated rings. The van der Waals surface area contributed by atoms with Crippen LogP contribution < -0.4 is 4.90 Å². The first kappa shape index (κ1) is 19.4. The molecule has 0 radical (unpaired) electrons. The van der Waals surface area contributed by atoms with E-state index in [2.05, 4.69) is 4.98 Å². The number of alkyl halides is 2. The largest absolute Gasteiger partial charge is 0.435 e. The summed E-state index contributed by atoms with van der Waals surface area (Å²) in [6, 6.07) is 23.3. The van der Waals surface area contributed by atoms with Crippen LogP contribution in [0, 0.1) is 0 Å². The molecule has 31 heavy (non-hydrogen) atoms. The van der Waals surface area contributed by atoms with Crippen molar-refractivity contribution in [3.63, 3.8) is 0 Å². The number of carbonyl (C=O) groups excluding carboxylic acids is 1. The predicted molar refractivity (Wildman–Crippen MR) is 114 cm³/mol. The van der Waals surface area contributed by atoms with Crippen LogP contribution in [-0.4, -0.2) is 10.9 Å². The molecule has 1 unspecified atom stereocenters. The van der Waals surface area contributed by atoms with E-state index in [9.17, 15) is 4.79 Å². The number of fused-ring (bicyclic) bond motifs is 2. The Labute approximate surface area is 178 Å². The summed E-state index contributed by atoms with van der Waals surface area (Å²) in [5.41, 5.74) is 1.44. The lowest BCUT2D eigenvalue weighted by molar-refractivity contribution is -0.128. The van der Waals surface area contributed by atoms with E-state index in [0.717, 1.165) is 5.56 Å². The molecule has 0 spiro atoms.